The molecule has 17 heavy (non-hydrogen) atoms. The molecule has 0 aliphatic heterocycles. The molecule has 1 aromatic rings. The van der Waals surface area contributed by atoms with Crippen LogP contribution in [0.1, 0.15) is 28.6 Å². The van der Waals surface area contributed by atoms with Gasteiger partial charge in [-0.1, -0.05) is 12.2 Å². The normalized spacial score (nSPS) is 10.5. The number of ether oxygens (including phenoxy) is 2. The summed E-state index contributed by atoms with van der Waals surface area (Å²) in [4.78, 5) is 23.0. The van der Waals surface area contributed by atoms with Crippen molar-refractivity contribution in [2.24, 2.45) is 0 Å². The Morgan fingerprint density at radius 2 is 2.24 bits per heavy atom. The second-order valence-corrected chi connectivity index (χ2v) is 4.02. The number of esters is 2. The van der Waals surface area contributed by atoms with Crippen molar-refractivity contribution in [1.82, 2.24) is 0 Å². The van der Waals surface area contributed by atoms with Crippen LogP contribution in [0, 0.1) is 0 Å². The van der Waals surface area contributed by atoms with E-state index in [4.69, 9.17) is 4.74 Å². The molecule has 1 heterocycles. The zero-order valence-corrected chi connectivity index (χ0v) is 10.6. The molecule has 0 radical (unpaired) electrons. The number of thiophene rings is 1. The van der Waals surface area contributed by atoms with E-state index in [2.05, 4.69) is 4.74 Å². The van der Waals surface area contributed by atoms with Gasteiger partial charge in [-0.05, 0) is 23.9 Å². The minimum absolute atomic E-state index is 0.199. The first-order chi connectivity index (χ1) is 8.19. The van der Waals surface area contributed by atoms with Crippen molar-refractivity contribution in [3.63, 3.8) is 0 Å². The Bertz CT molecular complexity index is 420. The van der Waals surface area contributed by atoms with Crippen LogP contribution in [0.15, 0.2) is 17.5 Å². The van der Waals surface area contributed by atoms with Crippen LogP contribution in [-0.2, 0) is 14.3 Å². The second kappa shape index (κ2) is 6.85. The van der Waals surface area contributed by atoms with E-state index in [-0.39, 0.29) is 18.4 Å². The van der Waals surface area contributed by atoms with Gasteiger partial charge in [-0.3, -0.25) is 4.79 Å². The van der Waals surface area contributed by atoms with E-state index < -0.39 is 0 Å². The number of hydrogen-bond acceptors (Lipinski definition) is 5. The molecule has 0 unspecified atom stereocenters. The van der Waals surface area contributed by atoms with Gasteiger partial charge < -0.3 is 9.47 Å². The highest BCUT2D eigenvalue weighted by Gasteiger charge is 2.11. The van der Waals surface area contributed by atoms with E-state index in [1.807, 2.05) is 0 Å². The third kappa shape index (κ3) is 4.03. The zero-order valence-electron chi connectivity index (χ0n) is 9.76. The summed E-state index contributed by atoms with van der Waals surface area (Å²) >= 11 is 1.31. The maximum Gasteiger partial charge on any atom is 0.348 e. The number of carbonyl (C=O) groups excluding carboxylic acids is 2. The maximum atomic E-state index is 11.4. The molecule has 0 aliphatic carbocycles. The molecule has 1 aromatic heterocycles. The second-order valence-electron chi connectivity index (χ2n) is 3.11. The number of carbonyl (C=O) groups is 2. The minimum atomic E-state index is -0.365. The van der Waals surface area contributed by atoms with Crippen molar-refractivity contribution in [2.75, 3.05) is 13.7 Å². The highest BCUT2D eigenvalue weighted by atomic mass is 32.1. The topological polar surface area (TPSA) is 52.6 Å². The summed E-state index contributed by atoms with van der Waals surface area (Å²) in [6.45, 7) is 2.13. The Balaban J connectivity index is 2.62. The smallest absolute Gasteiger partial charge is 0.348 e. The highest BCUT2D eigenvalue weighted by Crippen LogP contribution is 2.19. The van der Waals surface area contributed by atoms with Crippen LogP contribution in [0.3, 0.4) is 0 Å². The molecule has 0 fully saturated rings. The predicted octanol–water partition coefficient (Wildman–Crippen LogP) is 2.50. The van der Waals surface area contributed by atoms with E-state index >= 15 is 0 Å². The van der Waals surface area contributed by atoms with Crippen LogP contribution in [0.5, 0.6) is 0 Å². The van der Waals surface area contributed by atoms with Gasteiger partial charge in [-0.25, -0.2) is 4.79 Å². The van der Waals surface area contributed by atoms with Gasteiger partial charge in [0.25, 0.3) is 0 Å². The molecular weight excluding hydrogens is 240 g/mol. The molecule has 0 saturated heterocycles. The molecule has 0 atom stereocenters. The first-order valence-electron chi connectivity index (χ1n) is 5.17. The molecular formula is C12H14O4S. The largest absolute Gasteiger partial charge is 0.466 e. The highest BCUT2D eigenvalue weighted by molar-refractivity contribution is 7.12. The van der Waals surface area contributed by atoms with Gasteiger partial charge in [-0.2, -0.15) is 0 Å². The average molecular weight is 254 g/mol. The van der Waals surface area contributed by atoms with E-state index in [0.717, 1.165) is 5.56 Å². The van der Waals surface area contributed by atoms with E-state index in [1.165, 1.54) is 18.4 Å². The Morgan fingerprint density at radius 3 is 2.88 bits per heavy atom. The molecule has 0 amide bonds. The summed E-state index contributed by atoms with van der Waals surface area (Å²) in [5, 5.41) is 1.80. The van der Waals surface area contributed by atoms with Crippen molar-refractivity contribution in [3.8, 4) is 0 Å². The SMILES string of the molecule is CCOC(=O)CC=Cc1ccsc1C(=O)OC. The third-order valence-electron chi connectivity index (χ3n) is 1.95. The minimum Gasteiger partial charge on any atom is -0.466 e. The summed E-state index contributed by atoms with van der Waals surface area (Å²) in [5.41, 5.74) is 0.756. The Labute approximate surface area is 104 Å². The molecule has 0 bridgehead atoms. The zero-order chi connectivity index (χ0) is 12.7. The van der Waals surface area contributed by atoms with Gasteiger partial charge in [0.1, 0.15) is 4.88 Å². The van der Waals surface area contributed by atoms with Crippen molar-refractivity contribution < 1.29 is 19.1 Å². The van der Waals surface area contributed by atoms with Crippen LogP contribution >= 0.6 is 11.3 Å². The van der Waals surface area contributed by atoms with Crippen molar-refractivity contribution in [1.29, 1.82) is 0 Å². The summed E-state index contributed by atoms with van der Waals surface area (Å²) < 4.78 is 9.43. The lowest BCUT2D eigenvalue weighted by molar-refractivity contribution is -0.142. The maximum absolute atomic E-state index is 11.4. The predicted molar refractivity (Wildman–Crippen MR) is 65.9 cm³/mol. The number of methoxy groups -OCH3 is 1. The standard InChI is InChI=1S/C12H14O4S/c1-3-16-10(13)6-4-5-9-7-8-17-11(9)12(14)15-2/h4-5,7-8H,3,6H2,1-2H3. The fourth-order valence-electron chi connectivity index (χ4n) is 1.21. The van der Waals surface area contributed by atoms with Crippen LogP contribution in [0.2, 0.25) is 0 Å². The van der Waals surface area contributed by atoms with Crippen molar-refractivity contribution in [2.45, 2.75) is 13.3 Å². The third-order valence-corrected chi connectivity index (χ3v) is 2.86. The van der Waals surface area contributed by atoms with Gasteiger partial charge in [0.2, 0.25) is 0 Å². The number of rotatable bonds is 5. The first-order valence-corrected chi connectivity index (χ1v) is 6.05. The Morgan fingerprint density at radius 1 is 1.47 bits per heavy atom. The van der Waals surface area contributed by atoms with Gasteiger partial charge in [0, 0.05) is 0 Å². The van der Waals surface area contributed by atoms with Crippen LogP contribution in [0.4, 0.5) is 0 Å². The monoisotopic (exact) mass is 254 g/mol. The van der Waals surface area contributed by atoms with Crippen molar-refractivity contribution >= 4 is 29.4 Å². The molecule has 1 rings (SSSR count). The lowest BCUT2D eigenvalue weighted by Gasteiger charge is -1.98. The summed E-state index contributed by atoms with van der Waals surface area (Å²) in [6, 6.07) is 1.80. The van der Waals surface area contributed by atoms with Crippen molar-refractivity contribution in [3.05, 3.63) is 28.0 Å². The molecule has 0 aromatic carbocycles. The van der Waals surface area contributed by atoms with Gasteiger partial charge in [0.05, 0.1) is 20.1 Å². The molecule has 0 aliphatic rings. The molecule has 92 valence electrons. The van der Waals surface area contributed by atoms with Gasteiger partial charge in [0.15, 0.2) is 0 Å². The lowest BCUT2D eigenvalue weighted by Crippen LogP contribution is -2.01. The summed E-state index contributed by atoms with van der Waals surface area (Å²) in [7, 11) is 1.34. The first kappa shape index (κ1) is 13.4. The molecule has 0 saturated carbocycles. The fraction of sp³-hybridized carbons (Fsp3) is 0.333. The Kier molecular flexibility index (Phi) is 5.42. The van der Waals surface area contributed by atoms with Gasteiger partial charge >= 0.3 is 11.9 Å². The summed E-state index contributed by atoms with van der Waals surface area (Å²) in [6.07, 6.45) is 3.59. The molecule has 4 nitrogen and oxygen atoms in total. The number of hydrogen-bond donors (Lipinski definition) is 0. The Hall–Kier alpha value is -1.62. The van der Waals surface area contributed by atoms with Gasteiger partial charge in [-0.15, -0.1) is 11.3 Å². The quantitative estimate of drug-likeness (QED) is 0.757. The van der Waals surface area contributed by atoms with E-state index in [1.54, 1.807) is 30.5 Å². The summed E-state index contributed by atoms with van der Waals surface area (Å²) in [5.74, 6) is -0.644. The van der Waals surface area contributed by atoms with Crippen LogP contribution < -0.4 is 0 Å². The molecule has 0 spiro atoms. The fourth-order valence-corrected chi connectivity index (χ4v) is 2.01. The molecule has 5 heteroatoms. The van der Waals surface area contributed by atoms with Crippen LogP contribution in [0.25, 0.3) is 6.08 Å². The van der Waals surface area contributed by atoms with E-state index in [9.17, 15) is 9.59 Å². The average Bonchev–Trinajstić information content (AvgIpc) is 2.77. The van der Waals surface area contributed by atoms with Crippen LogP contribution in [-0.4, -0.2) is 25.7 Å². The lowest BCUT2D eigenvalue weighted by atomic mass is 10.2. The molecule has 0 N–H and O–H groups in total. The van der Waals surface area contributed by atoms with E-state index in [0.29, 0.717) is 11.5 Å².